The molecule has 3 rings (SSSR count). The topological polar surface area (TPSA) is 96.5 Å². The van der Waals surface area contributed by atoms with Crippen LogP contribution in [0.2, 0.25) is 0 Å². The standard InChI is InChI=1S/C20H20F5N3O.CH2O2/c21-14-4-5-15(22)13(10-14)11-16(26)12-6-8-28(9-7-12)19(29)17-2-1-3-18(27-17)20(23,24)25;2-1-3/h1-5,10,12,16H,6-9,11,26H2;1H,(H,2,3). The number of hydrogen-bond acceptors (Lipinski definition) is 4. The summed E-state index contributed by atoms with van der Waals surface area (Å²) < 4.78 is 65.5. The smallest absolute Gasteiger partial charge is 0.433 e. The largest absolute Gasteiger partial charge is 0.483 e. The molecule has 1 aromatic carbocycles. The molecule has 1 aromatic heterocycles. The number of benzene rings is 1. The third kappa shape index (κ3) is 6.71. The molecule has 2 aromatic rings. The molecule has 6 nitrogen and oxygen atoms in total. The van der Waals surface area contributed by atoms with Gasteiger partial charge in [-0.3, -0.25) is 9.59 Å². The fourth-order valence-electron chi connectivity index (χ4n) is 3.52. The summed E-state index contributed by atoms with van der Waals surface area (Å²) in [6, 6.07) is 6.01. The molecule has 2 heterocycles. The van der Waals surface area contributed by atoms with Crippen molar-refractivity contribution in [2.45, 2.75) is 31.5 Å². The number of nitrogens with two attached hydrogens (primary N) is 1. The second-order valence-electron chi connectivity index (χ2n) is 7.24. The molecule has 1 aliphatic rings. The van der Waals surface area contributed by atoms with E-state index in [4.69, 9.17) is 15.6 Å². The second kappa shape index (κ2) is 11.0. The van der Waals surface area contributed by atoms with Gasteiger partial charge in [0.1, 0.15) is 23.0 Å². The summed E-state index contributed by atoms with van der Waals surface area (Å²) in [4.78, 5) is 25.7. The number of likely N-dealkylation sites (tertiary alicyclic amines) is 1. The maximum Gasteiger partial charge on any atom is 0.433 e. The number of nitrogens with zero attached hydrogens (tertiary/aromatic N) is 2. The zero-order chi connectivity index (χ0) is 23.9. The van der Waals surface area contributed by atoms with Gasteiger partial charge in [-0.25, -0.2) is 13.8 Å². The fraction of sp³-hybridized carbons (Fsp3) is 0.381. The first-order valence-electron chi connectivity index (χ1n) is 9.67. The summed E-state index contributed by atoms with van der Waals surface area (Å²) in [5.74, 6) is -1.65. The summed E-state index contributed by atoms with van der Waals surface area (Å²) >= 11 is 0. The van der Waals surface area contributed by atoms with E-state index < -0.39 is 35.5 Å². The molecular weight excluding hydrogens is 437 g/mol. The molecule has 0 aliphatic carbocycles. The summed E-state index contributed by atoms with van der Waals surface area (Å²) in [6.45, 7) is 0.363. The molecule has 1 unspecified atom stereocenters. The van der Waals surface area contributed by atoms with Crippen molar-refractivity contribution in [2.24, 2.45) is 11.7 Å². The number of carboxylic acid groups (broad SMARTS) is 1. The fourth-order valence-corrected chi connectivity index (χ4v) is 3.52. The zero-order valence-electron chi connectivity index (χ0n) is 16.9. The Morgan fingerprint density at radius 1 is 1.22 bits per heavy atom. The number of rotatable bonds is 4. The monoisotopic (exact) mass is 459 g/mol. The van der Waals surface area contributed by atoms with E-state index in [0.717, 1.165) is 30.3 Å². The lowest BCUT2D eigenvalue weighted by Gasteiger charge is -2.34. The molecule has 1 fully saturated rings. The van der Waals surface area contributed by atoms with Gasteiger partial charge in [0.25, 0.3) is 12.4 Å². The van der Waals surface area contributed by atoms with E-state index in [-0.39, 0.29) is 30.1 Å². The summed E-state index contributed by atoms with van der Waals surface area (Å²) in [7, 11) is 0. The van der Waals surface area contributed by atoms with Crippen molar-refractivity contribution in [3.8, 4) is 0 Å². The van der Waals surface area contributed by atoms with E-state index in [9.17, 15) is 26.7 Å². The highest BCUT2D eigenvalue weighted by atomic mass is 19.4. The minimum Gasteiger partial charge on any atom is -0.483 e. The van der Waals surface area contributed by atoms with Crippen LogP contribution in [0.4, 0.5) is 22.0 Å². The quantitative estimate of drug-likeness (QED) is 0.539. The second-order valence-corrected chi connectivity index (χ2v) is 7.24. The number of carbonyl (C=O) groups is 2. The van der Waals surface area contributed by atoms with E-state index in [0.29, 0.717) is 25.9 Å². The third-order valence-corrected chi connectivity index (χ3v) is 5.15. The van der Waals surface area contributed by atoms with Crippen molar-refractivity contribution < 1.29 is 36.6 Å². The van der Waals surface area contributed by atoms with Crippen LogP contribution in [-0.2, 0) is 17.4 Å². The Balaban J connectivity index is 0.00000114. The molecule has 0 saturated carbocycles. The molecule has 174 valence electrons. The number of halogens is 5. The molecule has 0 bridgehead atoms. The lowest BCUT2D eigenvalue weighted by atomic mass is 9.86. The van der Waals surface area contributed by atoms with Crippen LogP contribution in [0.25, 0.3) is 0 Å². The average molecular weight is 459 g/mol. The van der Waals surface area contributed by atoms with Gasteiger partial charge in [0.15, 0.2) is 0 Å². The van der Waals surface area contributed by atoms with Crippen LogP contribution in [0, 0.1) is 17.6 Å². The van der Waals surface area contributed by atoms with Crippen molar-refractivity contribution in [2.75, 3.05) is 13.1 Å². The molecule has 1 atom stereocenters. The van der Waals surface area contributed by atoms with Gasteiger partial charge in [-0.05, 0) is 61.1 Å². The number of piperidine rings is 1. The average Bonchev–Trinajstić information content (AvgIpc) is 2.76. The van der Waals surface area contributed by atoms with Gasteiger partial charge >= 0.3 is 6.18 Å². The number of aromatic nitrogens is 1. The van der Waals surface area contributed by atoms with E-state index in [1.165, 1.54) is 11.0 Å². The molecule has 3 N–H and O–H groups in total. The SMILES string of the molecule is NC(Cc1cc(F)ccc1F)C1CCN(C(=O)c2cccc(C(F)(F)F)n2)CC1.O=CO. The van der Waals surface area contributed by atoms with Gasteiger partial charge in [-0.15, -0.1) is 0 Å². The van der Waals surface area contributed by atoms with Crippen molar-refractivity contribution >= 4 is 12.4 Å². The molecule has 11 heteroatoms. The molecular formula is C21H22F5N3O3. The lowest BCUT2D eigenvalue weighted by Crippen LogP contribution is -2.44. The maximum absolute atomic E-state index is 13.8. The predicted molar refractivity (Wildman–Crippen MR) is 105 cm³/mol. The molecule has 1 aliphatic heterocycles. The molecule has 1 amide bonds. The number of hydrogen-bond donors (Lipinski definition) is 2. The summed E-state index contributed by atoms with van der Waals surface area (Å²) in [5.41, 5.74) is 4.99. The van der Waals surface area contributed by atoms with Gasteiger partial charge in [0.2, 0.25) is 0 Å². The van der Waals surface area contributed by atoms with Crippen molar-refractivity contribution in [3.63, 3.8) is 0 Å². The van der Waals surface area contributed by atoms with Gasteiger partial charge in [0, 0.05) is 19.1 Å². The van der Waals surface area contributed by atoms with Crippen LogP contribution in [0.3, 0.4) is 0 Å². The zero-order valence-corrected chi connectivity index (χ0v) is 16.9. The number of amides is 1. The number of pyridine rings is 1. The Hall–Kier alpha value is -3.08. The highest BCUT2D eigenvalue weighted by Crippen LogP contribution is 2.28. The predicted octanol–water partition coefficient (Wildman–Crippen LogP) is 3.50. The molecule has 32 heavy (non-hydrogen) atoms. The Kier molecular flexibility index (Phi) is 8.64. The van der Waals surface area contributed by atoms with E-state index in [1.807, 2.05) is 0 Å². The first kappa shape index (κ1) is 25.2. The van der Waals surface area contributed by atoms with Crippen LogP contribution in [0.15, 0.2) is 36.4 Å². The minimum atomic E-state index is -4.62. The van der Waals surface area contributed by atoms with Crippen molar-refractivity contribution in [1.29, 1.82) is 0 Å². The highest BCUT2D eigenvalue weighted by Gasteiger charge is 2.34. The van der Waals surface area contributed by atoms with Crippen LogP contribution in [0.1, 0.15) is 34.6 Å². The summed E-state index contributed by atoms with van der Waals surface area (Å²) in [6.07, 6.45) is -3.43. The minimum absolute atomic E-state index is 0.0174. The first-order chi connectivity index (χ1) is 15.1. The van der Waals surface area contributed by atoms with Gasteiger partial charge in [-0.2, -0.15) is 13.2 Å². The number of carbonyl (C=O) groups excluding carboxylic acids is 1. The Morgan fingerprint density at radius 2 is 1.84 bits per heavy atom. The highest BCUT2D eigenvalue weighted by molar-refractivity contribution is 5.92. The number of alkyl halides is 3. The van der Waals surface area contributed by atoms with Crippen LogP contribution >= 0.6 is 0 Å². The van der Waals surface area contributed by atoms with E-state index >= 15 is 0 Å². The van der Waals surface area contributed by atoms with Crippen molar-refractivity contribution in [3.05, 3.63) is 65.0 Å². The molecule has 0 spiro atoms. The Bertz CT molecular complexity index is 931. The summed E-state index contributed by atoms with van der Waals surface area (Å²) in [5, 5.41) is 6.89. The molecule has 1 saturated heterocycles. The van der Waals surface area contributed by atoms with E-state index in [1.54, 1.807) is 0 Å². The van der Waals surface area contributed by atoms with E-state index in [2.05, 4.69) is 4.98 Å². The maximum atomic E-state index is 13.8. The van der Waals surface area contributed by atoms with Crippen LogP contribution < -0.4 is 5.73 Å². The van der Waals surface area contributed by atoms with Gasteiger partial charge in [0.05, 0.1) is 0 Å². The lowest BCUT2D eigenvalue weighted by molar-refractivity contribution is -0.141. The van der Waals surface area contributed by atoms with Crippen LogP contribution in [0.5, 0.6) is 0 Å². The van der Waals surface area contributed by atoms with Crippen molar-refractivity contribution in [1.82, 2.24) is 9.88 Å². The van der Waals surface area contributed by atoms with Gasteiger partial charge < -0.3 is 15.7 Å². The van der Waals surface area contributed by atoms with Crippen LogP contribution in [-0.4, -0.2) is 46.5 Å². The van der Waals surface area contributed by atoms with Gasteiger partial charge in [-0.1, -0.05) is 6.07 Å². The Labute approximate surface area is 180 Å². The first-order valence-corrected chi connectivity index (χ1v) is 9.67. The molecule has 0 radical (unpaired) electrons. The normalized spacial score (nSPS) is 15.5. The third-order valence-electron chi connectivity index (χ3n) is 5.15. The Morgan fingerprint density at radius 3 is 2.44 bits per heavy atom.